The van der Waals surface area contributed by atoms with Crippen LogP contribution in [0, 0.1) is 25.2 Å². The number of carbonyl (C=O) groups is 2. The Morgan fingerprint density at radius 3 is 2.65 bits per heavy atom. The van der Waals surface area contributed by atoms with Gasteiger partial charge in [-0.25, -0.2) is 9.78 Å². The average molecular weight is 370 g/mol. The monoisotopic (exact) mass is 370 g/mol. The molecule has 0 saturated heterocycles. The van der Waals surface area contributed by atoms with Crippen LogP contribution in [0.25, 0.3) is 0 Å². The predicted molar refractivity (Wildman–Crippen MR) is 100.0 cm³/mol. The van der Waals surface area contributed by atoms with Gasteiger partial charge in [-0.3, -0.25) is 4.79 Å². The molecule has 0 aliphatic rings. The van der Waals surface area contributed by atoms with Crippen LogP contribution in [0.3, 0.4) is 0 Å². The van der Waals surface area contributed by atoms with E-state index in [0.29, 0.717) is 10.7 Å². The van der Waals surface area contributed by atoms with Gasteiger partial charge in [0.2, 0.25) is 0 Å². The lowest BCUT2D eigenvalue weighted by molar-refractivity contribution is -0.119. The number of pyridine rings is 1. The lowest BCUT2D eigenvalue weighted by Crippen LogP contribution is -2.21. The Morgan fingerprint density at radius 1 is 1.31 bits per heavy atom. The molecule has 1 amide bonds. The Kier molecular flexibility index (Phi) is 6.20. The molecule has 0 fully saturated rings. The van der Waals surface area contributed by atoms with Crippen molar-refractivity contribution in [1.29, 1.82) is 5.26 Å². The number of hydrogen-bond acceptors (Lipinski definition) is 7. The van der Waals surface area contributed by atoms with Crippen molar-refractivity contribution in [2.45, 2.75) is 18.9 Å². The van der Waals surface area contributed by atoms with Gasteiger partial charge in [-0.15, -0.1) is 11.8 Å². The summed E-state index contributed by atoms with van der Waals surface area (Å²) in [6, 6.07) is 8.76. The smallest absolute Gasteiger partial charge is 0.342 e. The number of esters is 1. The summed E-state index contributed by atoms with van der Waals surface area (Å²) in [6.07, 6.45) is 1.75. The quantitative estimate of drug-likeness (QED) is 0.613. The molecule has 0 aliphatic heterocycles. The summed E-state index contributed by atoms with van der Waals surface area (Å²) in [4.78, 5) is 28.1. The number of nitrogens with zero attached hydrogens (tertiary/aromatic N) is 2. The topological polar surface area (TPSA) is 118 Å². The minimum Gasteiger partial charge on any atom is -0.452 e. The number of aromatic nitrogens is 1. The van der Waals surface area contributed by atoms with Gasteiger partial charge in [0, 0.05) is 5.69 Å². The molecule has 1 aromatic heterocycles. The van der Waals surface area contributed by atoms with Crippen molar-refractivity contribution in [3.63, 3.8) is 0 Å². The van der Waals surface area contributed by atoms with Gasteiger partial charge in [0.1, 0.15) is 22.5 Å². The molecule has 3 N–H and O–H groups in total. The van der Waals surface area contributed by atoms with Gasteiger partial charge in [-0.1, -0.05) is 6.07 Å². The number of nitrogens with one attached hydrogen (secondary N) is 1. The zero-order chi connectivity index (χ0) is 19.3. The van der Waals surface area contributed by atoms with Crippen molar-refractivity contribution in [3.05, 3.63) is 46.5 Å². The van der Waals surface area contributed by atoms with Crippen molar-refractivity contribution in [2.75, 3.05) is 23.9 Å². The first kappa shape index (κ1) is 19.3. The van der Waals surface area contributed by atoms with Crippen LogP contribution in [0.1, 0.15) is 27.0 Å². The van der Waals surface area contributed by atoms with Crippen molar-refractivity contribution in [3.8, 4) is 6.07 Å². The van der Waals surface area contributed by atoms with E-state index < -0.39 is 18.5 Å². The maximum atomic E-state index is 12.2. The zero-order valence-electron chi connectivity index (χ0n) is 14.6. The summed E-state index contributed by atoms with van der Waals surface area (Å²) < 4.78 is 4.98. The molecule has 1 aromatic carbocycles. The van der Waals surface area contributed by atoms with Gasteiger partial charge in [0.25, 0.3) is 5.91 Å². The Balaban J connectivity index is 2.03. The SMILES string of the molecule is CSc1nc(N)c(C(=O)OCC(=O)Nc2ccc(C)c(C)c2)cc1C#N. The number of aryl methyl sites for hydroxylation is 2. The molecule has 0 bridgehead atoms. The van der Waals surface area contributed by atoms with Gasteiger partial charge in [-0.2, -0.15) is 5.26 Å². The molecule has 1 heterocycles. The molecule has 26 heavy (non-hydrogen) atoms. The number of nitriles is 1. The van der Waals surface area contributed by atoms with Crippen LogP contribution in [0.5, 0.6) is 0 Å². The second-order valence-corrected chi connectivity index (χ2v) is 6.31. The first-order chi connectivity index (χ1) is 12.3. The third kappa shape index (κ3) is 4.52. The van der Waals surface area contributed by atoms with Gasteiger partial charge in [-0.05, 0) is 49.4 Å². The van der Waals surface area contributed by atoms with E-state index >= 15 is 0 Å². The van der Waals surface area contributed by atoms with E-state index in [1.165, 1.54) is 17.8 Å². The number of hydrogen-bond donors (Lipinski definition) is 2. The molecule has 0 saturated carbocycles. The van der Waals surface area contributed by atoms with Crippen molar-refractivity contribution in [1.82, 2.24) is 4.98 Å². The van der Waals surface area contributed by atoms with Crippen LogP contribution in [0.15, 0.2) is 29.3 Å². The largest absolute Gasteiger partial charge is 0.452 e. The van der Waals surface area contributed by atoms with E-state index in [2.05, 4.69) is 10.3 Å². The zero-order valence-corrected chi connectivity index (χ0v) is 15.4. The second-order valence-electron chi connectivity index (χ2n) is 5.51. The van der Waals surface area contributed by atoms with Crippen LogP contribution < -0.4 is 11.1 Å². The van der Waals surface area contributed by atoms with Crippen LogP contribution >= 0.6 is 11.8 Å². The number of carbonyl (C=O) groups excluding carboxylic acids is 2. The molecule has 134 valence electrons. The molecule has 0 radical (unpaired) electrons. The molecule has 8 heteroatoms. The molecular formula is C18H18N4O3S. The summed E-state index contributed by atoms with van der Waals surface area (Å²) in [6.45, 7) is 3.43. The van der Waals surface area contributed by atoms with E-state index in [1.807, 2.05) is 32.0 Å². The number of ether oxygens (including phenoxy) is 1. The Labute approximate surface area is 155 Å². The van der Waals surface area contributed by atoms with E-state index in [4.69, 9.17) is 15.7 Å². The highest BCUT2D eigenvalue weighted by Crippen LogP contribution is 2.22. The van der Waals surface area contributed by atoms with Gasteiger partial charge in [0.05, 0.1) is 5.56 Å². The molecule has 2 aromatic rings. The minimum atomic E-state index is -0.811. The number of nitrogens with two attached hydrogens (primary N) is 1. The maximum absolute atomic E-state index is 12.2. The normalized spacial score (nSPS) is 10.1. The maximum Gasteiger partial charge on any atom is 0.342 e. The average Bonchev–Trinajstić information content (AvgIpc) is 2.62. The first-order valence-electron chi connectivity index (χ1n) is 7.64. The van der Waals surface area contributed by atoms with Crippen LogP contribution in [-0.4, -0.2) is 29.7 Å². The van der Waals surface area contributed by atoms with Gasteiger partial charge >= 0.3 is 5.97 Å². The fourth-order valence-corrected chi connectivity index (χ4v) is 2.65. The van der Waals surface area contributed by atoms with E-state index in [1.54, 1.807) is 12.3 Å². The number of rotatable bonds is 5. The van der Waals surface area contributed by atoms with Gasteiger partial charge in [0.15, 0.2) is 6.61 Å². The molecule has 7 nitrogen and oxygen atoms in total. The lowest BCUT2D eigenvalue weighted by atomic mass is 10.1. The Bertz CT molecular complexity index is 906. The molecule has 2 rings (SSSR count). The Hall–Kier alpha value is -3.05. The Morgan fingerprint density at radius 2 is 2.04 bits per heavy atom. The van der Waals surface area contributed by atoms with E-state index in [9.17, 15) is 9.59 Å². The first-order valence-corrected chi connectivity index (χ1v) is 8.87. The number of anilines is 2. The number of benzene rings is 1. The van der Waals surface area contributed by atoms with Crippen LogP contribution in [-0.2, 0) is 9.53 Å². The standard InChI is InChI=1S/C18H18N4O3S/c1-10-4-5-13(6-11(10)2)21-15(23)9-25-18(24)14-7-12(8-19)17(26-3)22-16(14)20/h4-7H,9H2,1-3H3,(H2,20,22)(H,21,23). The molecule has 0 aliphatic carbocycles. The summed E-state index contributed by atoms with van der Waals surface area (Å²) in [5, 5.41) is 12.2. The van der Waals surface area contributed by atoms with E-state index in [0.717, 1.165) is 11.1 Å². The summed E-state index contributed by atoms with van der Waals surface area (Å²) in [5.74, 6) is -1.34. The van der Waals surface area contributed by atoms with Crippen molar-refractivity contribution >= 4 is 35.1 Å². The van der Waals surface area contributed by atoms with Gasteiger partial charge < -0.3 is 15.8 Å². The summed E-state index contributed by atoms with van der Waals surface area (Å²) in [7, 11) is 0. The lowest BCUT2D eigenvalue weighted by Gasteiger charge is -2.10. The van der Waals surface area contributed by atoms with Crippen LogP contribution in [0.4, 0.5) is 11.5 Å². The molecule has 0 spiro atoms. The minimum absolute atomic E-state index is 0.0432. The molecular weight excluding hydrogens is 352 g/mol. The fraction of sp³-hybridized carbons (Fsp3) is 0.222. The number of thioether (sulfide) groups is 1. The van der Waals surface area contributed by atoms with Crippen molar-refractivity contribution in [2.24, 2.45) is 0 Å². The molecule has 0 atom stereocenters. The highest BCUT2D eigenvalue weighted by atomic mass is 32.2. The number of amides is 1. The highest BCUT2D eigenvalue weighted by molar-refractivity contribution is 7.98. The predicted octanol–water partition coefficient (Wildman–Crippen LogP) is 2.67. The second kappa shape index (κ2) is 8.36. The van der Waals surface area contributed by atoms with E-state index in [-0.39, 0.29) is 16.9 Å². The summed E-state index contributed by atoms with van der Waals surface area (Å²) in [5.41, 5.74) is 8.69. The molecule has 0 unspecified atom stereocenters. The fourth-order valence-electron chi connectivity index (χ4n) is 2.13. The third-order valence-electron chi connectivity index (χ3n) is 3.68. The number of nitrogen functional groups attached to an aromatic ring is 1. The third-order valence-corrected chi connectivity index (χ3v) is 4.37. The van der Waals surface area contributed by atoms with Crippen LogP contribution in [0.2, 0.25) is 0 Å². The highest BCUT2D eigenvalue weighted by Gasteiger charge is 2.18. The van der Waals surface area contributed by atoms with Crippen molar-refractivity contribution < 1.29 is 14.3 Å². The summed E-state index contributed by atoms with van der Waals surface area (Å²) >= 11 is 1.25.